The summed E-state index contributed by atoms with van der Waals surface area (Å²) in [5, 5.41) is 12.5. The van der Waals surface area contributed by atoms with E-state index < -0.39 is 16.8 Å². The molecule has 0 heterocycles. The van der Waals surface area contributed by atoms with Crippen LogP contribution in [-0.4, -0.2) is 32.7 Å². The van der Waals surface area contributed by atoms with E-state index in [0.29, 0.717) is 11.5 Å². The lowest BCUT2D eigenvalue weighted by Gasteiger charge is -2.31. The zero-order chi connectivity index (χ0) is 24.6. The predicted molar refractivity (Wildman–Crippen MR) is 138 cm³/mol. The Morgan fingerprint density at radius 1 is 0.970 bits per heavy atom. The number of carbonyl (C=O) groups is 3. The first-order valence-corrected chi connectivity index (χ1v) is 13.0. The Morgan fingerprint density at radius 2 is 1.55 bits per heavy atom. The number of hydrogen-bond acceptors (Lipinski definition) is 5. The van der Waals surface area contributed by atoms with Crippen LogP contribution in [0.5, 0.6) is 0 Å². The van der Waals surface area contributed by atoms with Crippen molar-refractivity contribution in [1.29, 1.82) is 0 Å². The van der Waals surface area contributed by atoms with Gasteiger partial charge in [0, 0.05) is 22.5 Å². The van der Waals surface area contributed by atoms with Gasteiger partial charge < -0.3 is 10.4 Å². The van der Waals surface area contributed by atoms with Gasteiger partial charge in [0.05, 0.1) is 0 Å². The summed E-state index contributed by atoms with van der Waals surface area (Å²) in [7, 11) is 0. The van der Waals surface area contributed by atoms with Gasteiger partial charge in [-0.15, -0.1) is 11.8 Å². The molecule has 2 aromatic rings. The lowest BCUT2D eigenvalue weighted by atomic mass is 10.0. The van der Waals surface area contributed by atoms with Crippen LogP contribution in [0.2, 0.25) is 0 Å². The predicted octanol–water partition coefficient (Wildman–Crippen LogP) is 6.12. The van der Waals surface area contributed by atoms with E-state index in [1.54, 1.807) is 31.2 Å². The molecule has 2 aromatic carbocycles. The fourth-order valence-corrected chi connectivity index (χ4v) is 5.34. The SMILES string of the molecule is CCC(S[C@@](C)(NC(=O)[C@H](C)CSC(=O)c1ccccc1)C(=O)O)c1ccc(C(C)C)cc1. The quantitative estimate of drug-likeness (QED) is 0.372. The number of rotatable bonds is 11. The van der Waals surface area contributed by atoms with Crippen molar-refractivity contribution in [2.45, 2.75) is 57.1 Å². The molecule has 0 bridgehead atoms. The molecule has 0 aliphatic heterocycles. The van der Waals surface area contributed by atoms with Crippen molar-refractivity contribution in [3.63, 3.8) is 0 Å². The molecule has 2 N–H and O–H groups in total. The molecule has 0 fully saturated rings. The Labute approximate surface area is 205 Å². The highest BCUT2D eigenvalue weighted by Gasteiger charge is 2.39. The van der Waals surface area contributed by atoms with Gasteiger partial charge in [-0.3, -0.25) is 9.59 Å². The molecular weight excluding hydrogens is 454 g/mol. The summed E-state index contributed by atoms with van der Waals surface area (Å²) in [6.07, 6.45) is 0.724. The Morgan fingerprint density at radius 3 is 2.06 bits per heavy atom. The molecule has 1 unspecified atom stereocenters. The largest absolute Gasteiger partial charge is 0.479 e. The van der Waals surface area contributed by atoms with Gasteiger partial charge in [0.25, 0.3) is 0 Å². The van der Waals surface area contributed by atoms with E-state index in [0.717, 1.165) is 23.7 Å². The topological polar surface area (TPSA) is 83.5 Å². The molecule has 178 valence electrons. The molecular formula is C26H33NO4S2. The standard InChI is InChI=1S/C26H33NO4S2/c1-6-22(20-14-12-19(13-15-20)17(2)3)33-26(5,25(30)31)27-23(28)18(4)16-32-24(29)21-10-8-7-9-11-21/h7-15,17-18,22H,6,16H2,1-5H3,(H,27,28)(H,30,31)/t18-,22?,26-/m1/s1. The summed E-state index contributed by atoms with van der Waals surface area (Å²) in [6, 6.07) is 17.1. The van der Waals surface area contributed by atoms with Gasteiger partial charge in [-0.25, -0.2) is 4.79 Å². The minimum atomic E-state index is -1.49. The van der Waals surface area contributed by atoms with Crippen LogP contribution in [0.1, 0.15) is 73.7 Å². The van der Waals surface area contributed by atoms with E-state index in [4.69, 9.17) is 0 Å². The molecule has 0 aliphatic carbocycles. The van der Waals surface area contributed by atoms with Gasteiger partial charge in [0.15, 0.2) is 4.87 Å². The number of nitrogens with one attached hydrogen (secondary N) is 1. The van der Waals surface area contributed by atoms with Crippen molar-refractivity contribution in [3.05, 3.63) is 71.3 Å². The number of benzene rings is 2. The van der Waals surface area contributed by atoms with Crippen LogP contribution in [0.4, 0.5) is 0 Å². The molecule has 3 atom stereocenters. The fraction of sp³-hybridized carbons (Fsp3) is 0.423. The van der Waals surface area contributed by atoms with Crippen molar-refractivity contribution in [2.24, 2.45) is 5.92 Å². The first-order chi connectivity index (χ1) is 15.6. The number of carboxylic acids is 1. The van der Waals surface area contributed by atoms with Crippen LogP contribution in [0.25, 0.3) is 0 Å². The van der Waals surface area contributed by atoms with E-state index >= 15 is 0 Å². The third kappa shape index (κ3) is 7.64. The zero-order valence-corrected chi connectivity index (χ0v) is 21.5. The first-order valence-electron chi connectivity index (χ1n) is 11.1. The lowest BCUT2D eigenvalue weighted by Crippen LogP contribution is -2.51. The molecule has 0 aromatic heterocycles. The summed E-state index contributed by atoms with van der Waals surface area (Å²) in [5.41, 5.74) is 2.84. The third-order valence-corrected chi connectivity index (χ3v) is 8.22. The number of carboxylic acid groups (broad SMARTS) is 1. The Balaban J connectivity index is 2.04. The van der Waals surface area contributed by atoms with Gasteiger partial charge >= 0.3 is 5.97 Å². The van der Waals surface area contributed by atoms with Gasteiger partial charge in [-0.2, -0.15) is 0 Å². The van der Waals surface area contributed by atoms with Crippen LogP contribution in [0.15, 0.2) is 54.6 Å². The minimum absolute atomic E-state index is 0.0862. The Bertz CT molecular complexity index is 947. The van der Waals surface area contributed by atoms with Crippen LogP contribution < -0.4 is 5.32 Å². The summed E-state index contributed by atoms with van der Waals surface area (Å²) in [4.78, 5) is 35.8. The van der Waals surface area contributed by atoms with Gasteiger partial charge in [-0.05, 0) is 30.4 Å². The lowest BCUT2D eigenvalue weighted by molar-refractivity contribution is -0.143. The van der Waals surface area contributed by atoms with E-state index in [1.807, 2.05) is 25.1 Å². The molecule has 7 heteroatoms. The second kappa shape index (κ2) is 12.3. The summed E-state index contributed by atoms with van der Waals surface area (Å²) in [6.45, 7) is 9.50. The molecule has 2 rings (SSSR count). The second-order valence-electron chi connectivity index (χ2n) is 8.53. The normalized spacial score (nSPS) is 14.8. The maximum absolute atomic E-state index is 12.8. The van der Waals surface area contributed by atoms with Crippen LogP contribution in [0.3, 0.4) is 0 Å². The monoisotopic (exact) mass is 487 g/mol. The molecule has 1 amide bonds. The van der Waals surface area contributed by atoms with E-state index in [1.165, 1.54) is 24.2 Å². The van der Waals surface area contributed by atoms with Crippen LogP contribution in [0, 0.1) is 5.92 Å². The van der Waals surface area contributed by atoms with Crippen LogP contribution in [-0.2, 0) is 9.59 Å². The van der Waals surface area contributed by atoms with Gasteiger partial charge in [0.1, 0.15) is 0 Å². The number of aliphatic carboxylic acids is 1. The molecule has 33 heavy (non-hydrogen) atoms. The highest BCUT2D eigenvalue weighted by atomic mass is 32.2. The minimum Gasteiger partial charge on any atom is -0.479 e. The third-order valence-electron chi connectivity index (χ3n) is 5.42. The zero-order valence-electron chi connectivity index (χ0n) is 19.8. The van der Waals surface area contributed by atoms with Crippen molar-refractivity contribution < 1.29 is 19.5 Å². The molecule has 0 aliphatic rings. The number of carbonyl (C=O) groups excluding carboxylic acids is 2. The highest BCUT2D eigenvalue weighted by molar-refractivity contribution is 8.14. The van der Waals surface area contributed by atoms with E-state index in [9.17, 15) is 19.5 Å². The Kier molecular flexibility index (Phi) is 10.0. The van der Waals surface area contributed by atoms with Crippen molar-refractivity contribution >= 4 is 40.5 Å². The number of amides is 1. The second-order valence-corrected chi connectivity index (χ2v) is 11.1. The maximum Gasteiger partial charge on any atom is 0.339 e. The highest BCUT2D eigenvalue weighted by Crippen LogP contribution is 2.40. The fourth-order valence-electron chi connectivity index (χ4n) is 3.19. The molecule has 0 spiro atoms. The average Bonchev–Trinajstić information content (AvgIpc) is 2.81. The summed E-state index contributed by atoms with van der Waals surface area (Å²) in [5.74, 6) is -1.31. The molecule has 0 saturated heterocycles. The number of thioether (sulfide) groups is 2. The van der Waals surface area contributed by atoms with Crippen molar-refractivity contribution in [3.8, 4) is 0 Å². The average molecular weight is 488 g/mol. The molecule has 5 nitrogen and oxygen atoms in total. The van der Waals surface area contributed by atoms with Gasteiger partial charge in [0.2, 0.25) is 11.0 Å². The van der Waals surface area contributed by atoms with Crippen LogP contribution >= 0.6 is 23.5 Å². The van der Waals surface area contributed by atoms with Gasteiger partial charge in [-0.1, -0.05) is 94.1 Å². The molecule has 0 saturated carbocycles. The van der Waals surface area contributed by atoms with E-state index in [2.05, 4.69) is 31.3 Å². The van der Waals surface area contributed by atoms with Crippen molar-refractivity contribution in [1.82, 2.24) is 5.32 Å². The molecule has 0 radical (unpaired) electrons. The number of hydrogen-bond donors (Lipinski definition) is 2. The summed E-state index contributed by atoms with van der Waals surface area (Å²) < 4.78 is 0. The summed E-state index contributed by atoms with van der Waals surface area (Å²) >= 11 is 2.29. The Hall–Kier alpha value is -2.25. The maximum atomic E-state index is 12.8. The van der Waals surface area contributed by atoms with E-state index in [-0.39, 0.29) is 22.0 Å². The smallest absolute Gasteiger partial charge is 0.339 e. The van der Waals surface area contributed by atoms with Crippen molar-refractivity contribution in [2.75, 3.05) is 5.75 Å². The first kappa shape index (κ1) is 27.0.